The normalized spacial score (nSPS) is 13.0. The first-order valence-electron chi connectivity index (χ1n) is 8.74. The molecule has 0 spiro atoms. The van der Waals surface area contributed by atoms with Crippen LogP contribution in [0.5, 0.6) is 0 Å². The third-order valence-electron chi connectivity index (χ3n) is 4.82. The number of carbonyl (C=O) groups is 1. The zero-order valence-electron chi connectivity index (χ0n) is 15.1. The lowest BCUT2D eigenvalue weighted by Gasteiger charge is -2.25. The quantitative estimate of drug-likeness (QED) is 0.674. The van der Waals surface area contributed by atoms with E-state index in [2.05, 4.69) is 18.2 Å². The van der Waals surface area contributed by atoms with E-state index in [0.717, 1.165) is 21.9 Å². The molecular weight excluding hydrogens is 320 g/mol. The van der Waals surface area contributed by atoms with E-state index in [4.69, 9.17) is 0 Å². The average molecular weight is 342 g/mol. The predicted octanol–water partition coefficient (Wildman–Crippen LogP) is 4.71. The lowest BCUT2D eigenvalue weighted by Crippen LogP contribution is -2.25. The highest BCUT2D eigenvalue weighted by Crippen LogP contribution is 2.38. The molecule has 0 aliphatic rings. The van der Waals surface area contributed by atoms with Gasteiger partial charge in [0.05, 0.1) is 12.0 Å². The smallest absolute Gasteiger partial charge is 0.222 e. The molecule has 0 heterocycles. The minimum Gasteiger partial charge on any atom is -0.349 e. The third-order valence-corrected chi connectivity index (χ3v) is 4.82. The van der Waals surface area contributed by atoms with Gasteiger partial charge in [0.2, 0.25) is 5.91 Å². The second-order valence-corrected chi connectivity index (χ2v) is 6.68. The standard InChI is InChI=1S/C23H22N2O/c1-25(2)23(26)15-21(18-9-4-3-5-10-18)22(16-24)20-14-8-12-17-11-6-7-13-19(17)20/h3-14,21-22H,15H2,1-2H3. The maximum atomic E-state index is 12.5. The lowest BCUT2D eigenvalue weighted by molar-refractivity contribution is -0.129. The maximum Gasteiger partial charge on any atom is 0.222 e. The molecule has 1 amide bonds. The second-order valence-electron chi connectivity index (χ2n) is 6.68. The van der Waals surface area contributed by atoms with E-state index >= 15 is 0 Å². The van der Waals surface area contributed by atoms with Crippen molar-refractivity contribution in [2.45, 2.75) is 18.3 Å². The Hall–Kier alpha value is -3.12. The van der Waals surface area contributed by atoms with Crippen molar-refractivity contribution in [3.63, 3.8) is 0 Å². The first kappa shape index (κ1) is 17.7. The van der Waals surface area contributed by atoms with E-state index in [-0.39, 0.29) is 11.8 Å². The highest BCUT2D eigenvalue weighted by Gasteiger charge is 2.28. The lowest BCUT2D eigenvalue weighted by atomic mass is 9.78. The summed E-state index contributed by atoms with van der Waals surface area (Å²) in [6, 6.07) is 26.5. The summed E-state index contributed by atoms with van der Waals surface area (Å²) < 4.78 is 0. The number of fused-ring (bicyclic) bond motifs is 1. The van der Waals surface area contributed by atoms with Gasteiger partial charge in [-0.2, -0.15) is 5.26 Å². The van der Waals surface area contributed by atoms with Crippen LogP contribution in [0, 0.1) is 11.3 Å². The topological polar surface area (TPSA) is 44.1 Å². The molecule has 0 aromatic heterocycles. The third kappa shape index (κ3) is 3.60. The van der Waals surface area contributed by atoms with E-state index in [0.29, 0.717) is 6.42 Å². The molecule has 26 heavy (non-hydrogen) atoms. The van der Waals surface area contributed by atoms with Crippen molar-refractivity contribution in [2.75, 3.05) is 14.1 Å². The molecule has 3 aromatic rings. The number of hydrogen-bond acceptors (Lipinski definition) is 2. The Kier molecular flexibility index (Phi) is 5.34. The van der Waals surface area contributed by atoms with Gasteiger partial charge in [0.15, 0.2) is 0 Å². The van der Waals surface area contributed by atoms with Crippen LogP contribution in [0.15, 0.2) is 72.8 Å². The predicted molar refractivity (Wildman–Crippen MR) is 105 cm³/mol. The summed E-state index contributed by atoms with van der Waals surface area (Å²) in [7, 11) is 3.51. The van der Waals surface area contributed by atoms with E-state index in [9.17, 15) is 10.1 Å². The second kappa shape index (κ2) is 7.84. The van der Waals surface area contributed by atoms with E-state index in [1.54, 1.807) is 19.0 Å². The molecular formula is C23H22N2O. The zero-order chi connectivity index (χ0) is 18.5. The van der Waals surface area contributed by atoms with Gasteiger partial charge >= 0.3 is 0 Å². The first-order valence-corrected chi connectivity index (χ1v) is 8.74. The minimum atomic E-state index is -0.396. The van der Waals surface area contributed by atoms with Gasteiger partial charge in [-0.3, -0.25) is 4.79 Å². The summed E-state index contributed by atoms with van der Waals surface area (Å²) >= 11 is 0. The van der Waals surface area contributed by atoms with E-state index in [1.807, 2.05) is 60.7 Å². The molecule has 0 aliphatic carbocycles. The van der Waals surface area contributed by atoms with Gasteiger partial charge in [-0.05, 0) is 21.9 Å². The SMILES string of the molecule is CN(C)C(=O)CC(c1ccccc1)C(C#N)c1cccc2ccccc12. The highest BCUT2D eigenvalue weighted by molar-refractivity contribution is 5.87. The summed E-state index contributed by atoms with van der Waals surface area (Å²) in [5.41, 5.74) is 1.99. The van der Waals surface area contributed by atoms with Crippen LogP contribution in [-0.2, 0) is 4.79 Å². The van der Waals surface area contributed by atoms with Crippen molar-refractivity contribution in [1.82, 2.24) is 4.90 Å². The van der Waals surface area contributed by atoms with Crippen molar-refractivity contribution in [3.05, 3.63) is 83.9 Å². The Bertz CT molecular complexity index is 936. The molecule has 130 valence electrons. The Balaban J connectivity index is 2.11. The molecule has 0 saturated carbocycles. The number of hydrogen-bond donors (Lipinski definition) is 0. The number of rotatable bonds is 5. The minimum absolute atomic E-state index is 0.0272. The van der Waals surface area contributed by atoms with Crippen LogP contribution in [0.1, 0.15) is 29.4 Å². The molecule has 2 atom stereocenters. The fourth-order valence-electron chi connectivity index (χ4n) is 3.40. The summed E-state index contributed by atoms with van der Waals surface area (Å²) in [5.74, 6) is -0.561. The van der Waals surface area contributed by atoms with Gasteiger partial charge in [-0.1, -0.05) is 72.8 Å². The molecule has 0 bridgehead atoms. The monoisotopic (exact) mass is 342 g/mol. The van der Waals surface area contributed by atoms with Gasteiger partial charge in [0, 0.05) is 26.4 Å². The molecule has 0 N–H and O–H groups in total. The van der Waals surface area contributed by atoms with E-state index < -0.39 is 5.92 Å². The van der Waals surface area contributed by atoms with Crippen LogP contribution in [0.2, 0.25) is 0 Å². The van der Waals surface area contributed by atoms with Crippen molar-refractivity contribution >= 4 is 16.7 Å². The first-order chi connectivity index (χ1) is 12.6. The molecule has 0 radical (unpaired) electrons. The van der Waals surface area contributed by atoms with Gasteiger partial charge in [0.1, 0.15) is 0 Å². The molecule has 0 aliphatic heterocycles. The number of nitrogens with zero attached hydrogens (tertiary/aromatic N) is 2. The van der Waals surface area contributed by atoms with Gasteiger partial charge < -0.3 is 4.90 Å². The Morgan fingerprint density at radius 1 is 0.962 bits per heavy atom. The summed E-state index contributed by atoms with van der Waals surface area (Å²) in [5, 5.41) is 12.2. The van der Waals surface area contributed by atoms with Gasteiger partial charge in [-0.15, -0.1) is 0 Å². The van der Waals surface area contributed by atoms with Crippen LogP contribution < -0.4 is 0 Å². The maximum absolute atomic E-state index is 12.5. The molecule has 3 rings (SSSR count). The zero-order valence-corrected chi connectivity index (χ0v) is 15.1. The number of carbonyl (C=O) groups excluding carboxylic acids is 1. The Labute approximate surface area is 154 Å². The highest BCUT2D eigenvalue weighted by atomic mass is 16.2. The molecule has 3 nitrogen and oxygen atoms in total. The number of amides is 1. The number of benzene rings is 3. The van der Waals surface area contributed by atoms with Crippen LogP contribution in [0.4, 0.5) is 0 Å². The van der Waals surface area contributed by atoms with Crippen LogP contribution in [-0.4, -0.2) is 24.9 Å². The molecule has 3 aromatic carbocycles. The van der Waals surface area contributed by atoms with Crippen LogP contribution in [0.25, 0.3) is 10.8 Å². The van der Waals surface area contributed by atoms with E-state index in [1.165, 1.54) is 0 Å². The summed E-state index contributed by atoms with van der Waals surface area (Å²) in [6.45, 7) is 0. The Morgan fingerprint density at radius 3 is 2.31 bits per heavy atom. The van der Waals surface area contributed by atoms with Crippen molar-refractivity contribution in [3.8, 4) is 6.07 Å². The number of nitriles is 1. The molecule has 0 fully saturated rings. The average Bonchev–Trinajstić information content (AvgIpc) is 2.68. The fraction of sp³-hybridized carbons (Fsp3) is 0.217. The van der Waals surface area contributed by atoms with Crippen molar-refractivity contribution in [2.24, 2.45) is 0 Å². The Morgan fingerprint density at radius 2 is 1.62 bits per heavy atom. The summed E-state index contributed by atoms with van der Waals surface area (Å²) in [4.78, 5) is 14.0. The summed E-state index contributed by atoms with van der Waals surface area (Å²) in [6.07, 6.45) is 0.304. The fourth-order valence-corrected chi connectivity index (χ4v) is 3.40. The molecule has 0 saturated heterocycles. The van der Waals surface area contributed by atoms with Crippen LogP contribution in [0.3, 0.4) is 0 Å². The van der Waals surface area contributed by atoms with Crippen LogP contribution >= 0.6 is 0 Å². The van der Waals surface area contributed by atoms with Gasteiger partial charge in [0.25, 0.3) is 0 Å². The molecule has 2 unspecified atom stereocenters. The van der Waals surface area contributed by atoms with Crippen molar-refractivity contribution in [1.29, 1.82) is 5.26 Å². The van der Waals surface area contributed by atoms with Gasteiger partial charge in [-0.25, -0.2) is 0 Å². The largest absolute Gasteiger partial charge is 0.349 e. The molecule has 3 heteroatoms. The van der Waals surface area contributed by atoms with Crippen molar-refractivity contribution < 1.29 is 4.79 Å².